The first-order chi connectivity index (χ1) is 11.9. The molecule has 0 saturated carbocycles. The van der Waals surface area contributed by atoms with Crippen LogP contribution < -0.4 is 11.1 Å². The molecule has 0 atom stereocenters. The number of fused-ring (bicyclic) bond motifs is 3. The van der Waals surface area contributed by atoms with Gasteiger partial charge in [0.1, 0.15) is 11.7 Å². The number of hydrogen-bond acceptors (Lipinski definition) is 7. The summed E-state index contributed by atoms with van der Waals surface area (Å²) in [4.78, 5) is 27.6. The van der Waals surface area contributed by atoms with Gasteiger partial charge in [-0.2, -0.15) is 0 Å². The van der Waals surface area contributed by atoms with Crippen LogP contribution in [0, 0.1) is 0 Å². The molecule has 0 saturated heterocycles. The molecule has 7 nitrogen and oxygen atoms in total. The summed E-state index contributed by atoms with van der Waals surface area (Å²) in [5.41, 5.74) is 6.11. The quantitative estimate of drug-likeness (QED) is 0.365. The van der Waals surface area contributed by atoms with Crippen molar-refractivity contribution in [1.29, 1.82) is 0 Å². The minimum Gasteiger partial charge on any atom is -0.504 e. The van der Waals surface area contributed by atoms with Gasteiger partial charge in [-0.1, -0.05) is 11.6 Å². The molecule has 25 heavy (non-hydrogen) atoms. The Bertz CT molecular complexity index is 1000. The number of nitrogens with one attached hydrogen (secondary N) is 1. The number of nitrogens with zero attached hydrogens (tertiary/aromatic N) is 1. The van der Waals surface area contributed by atoms with Crippen molar-refractivity contribution in [1.82, 2.24) is 10.3 Å². The summed E-state index contributed by atoms with van der Waals surface area (Å²) in [5, 5.41) is 14.2. The number of benzene rings is 1. The number of esters is 1. The Hall–Kier alpha value is -2.58. The zero-order valence-corrected chi connectivity index (χ0v) is 14.7. The monoisotopic (exact) mass is 379 g/mol. The van der Waals surface area contributed by atoms with Crippen molar-refractivity contribution < 1.29 is 19.4 Å². The molecule has 3 rings (SSSR count). The number of halogens is 1. The summed E-state index contributed by atoms with van der Waals surface area (Å²) in [6.45, 7) is 1.54. The highest BCUT2D eigenvalue weighted by molar-refractivity contribution is 7.26. The molecule has 1 aromatic carbocycles. The van der Waals surface area contributed by atoms with E-state index in [0.29, 0.717) is 15.8 Å². The van der Waals surface area contributed by atoms with E-state index >= 15 is 0 Å². The highest BCUT2D eigenvalue weighted by atomic mass is 35.5. The molecule has 2 aromatic heterocycles. The molecule has 130 valence electrons. The van der Waals surface area contributed by atoms with E-state index in [1.54, 1.807) is 19.1 Å². The lowest BCUT2D eigenvalue weighted by Gasteiger charge is -2.07. The number of pyridine rings is 1. The lowest BCUT2D eigenvalue weighted by molar-refractivity contribution is -0.141. The minimum absolute atomic E-state index is 0.0749. The Balaban J connectivity index is 2.03. The number of carbonyl (C=O) groups excluding carboxylic acids is 2. The molecule has 0 aliphatic heterocycles. The molecule has 9 heteroatoms. The standard InChI is InChI=1S/C16H14ClN3O4S/c1-2-24-10(21)6-19-16(23)12-13(22)14-11(15(17)20-12)8-5-7(18)3-4-9(8)25-14/h3-5,22H,2,6,18H2,1H3,(H,19,23). The first-order valence-electron chi connectivity index (χ1n) is 7.36. The summed E-state index contributed by atoms with van der Waals surface area (Å²) in [6, 6.07) is 5.29. The number of rotatable bonds is 4. The smallest absolute Gasteiger partial charge is 0.325 e. The Morgan fingerprint density at radius 3 is 2.92 bits per heavy atom. The molecule has 2 heterocycles. The van der Waals surface area contributed by atoms with Gasteiger partial charge in [-0.05, 0) is 25.1 Å². The zero-order valence-electron chi connectivity index (χ0n) is 13.1. The normalized spacial score (nSPS) is 11.0. The number of thiophene rings is 1. The maximum absolute atomic E-state index is 12.2. The number of hydrogen-bond donors (Lipinski definition) is 3. The maximum atomic E-state index is 12.2. The molecule has 0 unspecified atom stereocenters. The van der Waals surface area contributed by atoms with Crippen LogP contribution in [-0.2, 0) is 9.53 Å². The van der Waals surface area contributed by atoms with Crippen LogP contribution in [-0.4, -0.2) is 35.1 Å². The molecule has 0 radical (unpaired) electrons. The van der Waals surface area contributed by atoms with Gasteiger partial charge in [0.2, 0.25) is 0 Å². The molecule has 4 N–H and O–H groups in total. The summed E-state index contributed by atoms with van der Waals surface area (Å²) in [6.07, 6.45) is 0. The fourth-order valence-corrected chi connectivity index (χ4v) is 3.87. The predicted molar refractivity (Wildman–Crippen MR) is 97.2 cm³/mol. The van der Waals surface area contributed by atoms with Crippen molar-refractivity contribution in [3.05, 3.63) is 29.0 Å². The van der Waals surface area contributed by atoms with Gasteiger partial charge in [-0.25, -0.2) is 4.98 Å². The molecular weight excluding hydrogens is 366 g/mol. The van der Waals surface area contributed by atoms with Gasteiger partial charge in [0.15, 0.2) is 11.4 Å². The Kier molecular flexibility index (Phi) is 4.65. The highest BCUT2D eigenvalue weighted by Gasteiger charge is 2.22. The van der Waals surface area contributed by atoms with E-state index in [-0.39, 0.29) is 29.7 Å². The van der Waals surface area contributed by atoms with Crippen LogP contribution in [0.3, 0.4) is 0 Å². The second-order valence-electron chi connectivity index (χ2n) is 5.15. The Labute approximate surface area is 151 Å². The van der Waals surface area contributed by atoms with Crippen LogP contribution in [0.2, 0.25) is 5.15 Å². The van der Waals surface area contributed by atoms with E-state index < -0.39 is 11.9 Å². The zero-order chi connectivity index (χ0) is 18.1. The maximum Gasteiger partial charge on any atom is 0.325 e. The number of ether oxygens (including phenoxy) is 1. The van der Waals surface area contributed by atoms with Crippen molar-refractivity contribution in [2.75, 3.05) is 18.9 Å². The number of aromatic hydroxyl groups is 1. The van der Waals surface area contributed by atoms with Gasteiger partial charge in [-0.3, -0.25) is 9.59 Å². The Morgan fingerprint density at radius 2 is 2.20 bits per heavy atom. The predicted octanol–water partition coefficient (Wildman–Crippen LogP) is 2.68. The third-order valence-corrected chi connectivity index (χ3v) is 4.93. The van der Waals surface area contributed by atoms with Gasteiger partial charge >= 0.3 is 5.97 Å². The van der Waals surface area contributed by atoms with Crippen LogP contribution >= 0.6 is 22.9 Å². The van der Waals surface area contributed by atoms with E-state index in [0.717, 1.165) is 10.1 Å². The van der Waals surface area contributed by atoms with E-state index in [1.165, 1.54) is 11.3 Å². The molecular formula is C16H14ClN3O4S. The van der Waals surface area contributed by atoms with Gasteiger partial charge < -0.3 is 20.9 Å². The molecule has 0 spiro atoms. The highest BCUT2D eigenvalue weighted by Crippen LogP contribution is 2.43. The molecule has 0 bridgehead atoms. The van der Waals surface area contributed by atoms with Crippen LogP contribution in [0.5, 0.6) is 5.75 Å². The van der Waals surface area contributed by atoms with Crippen LogP contribution in [0.4, 0.5) is 5.69 Å². The van der Waals surface area contributed by atoms with Crippen molar-refractivity contribution >= 4 is 60.7 Å². The van der Waals surface area contributed by atoms with Gasteiger partial charge in [0.05, 0.1) is 11.3 Å². The lowest BCUT2D eigenvalue weighted by atomic mass is 10.1. The van der Waals surface area contributed by atoms with Crippen LogP contribution in [0.1, 0.15) is 17.4 Å². The van der Waals surface area contributed by atoms with Crippen molar-refractivity contribution in [3.8, 4) is 5.75 Å². The van der Waals surface area contributed by atoms with Crippen molar-refractivity contribution in [2.45, 2.75) is 6.92 Å². The summed E-state index contributed by atoms with van der Waals surface area (Å²) in [7, 11) is 0. The van der Waals surface area contributed by atoms with Crippen LogP contribution in [0.25, 0.3) is 20.2 Å². The lowest BCUT2D eigenvalue weighted by Crippen LogP contribution is -2.31. The molecule has 0 aliphatic rings. The third-order valence-electron chi connectivity index (χ3n) is 3.48. The number of anilines is 1. The second kappa shape index (κ2) is 6.73. The van der Waals surface area contributed by atoms with E-state index in [9.17, 15) is 14.7 Å². The van der Waals surface area contributed by atoms with E-state index in [1.807, 2.05) is 6.07 Å². The Morgan fingerprint density at radius 1 is 1.44 bits per heavy atom. The summed E-state index contributed by atoms with van der Waals surface area (Å²) >= 11 is 7.51. The minimum atomic E-state index is -0.716. The van der Waals surface area contributed by atoms with Gasteiger partial charge in [-0.15, -0.1) is 11.3 Å². The average molecular weight is 380 g/mol. The second-order valence-corrected chi connectivity index (χ2v) is 6.56. The van der Waals surface area contributed by atoms with E-state index in [2.05, 4.69) is 10.3 Å². The molecule has 3 aromatic rings. The fraction of sp³-hybridized carbons (Fsp3) is 0.188. The summed E-state index contributed by atoms with van der Waals surface area (Å²) in [5.74, 6) is -1.59. The fourth-order valence-electron chi connectivity index (χ4n) is 2.41. The number of aromatic nitrogens is 1. The average Bonchev–Trinajstić information content (AvgIpc) is 2.95. The number of amides is 1. The van der Waals surface area contributed by atoms with Crippen molar-refractivity contribution in [2.24, 2.45) is 0 Å². The van der Waals surface area contributed by atoms with Gasteiger partial charge in [0, 0.05) is 21.2 Å². The first-order valence-corrected chi connectivity index (χ1v) is 8.55. The first kappa shape index (κ1) is 17.2. The topological polar surface area (TPSA) is 115 Å². The van der Waals surface area contributed by atoms with Gasteiger partial charge in [0.25, 0.3) is 5.91 Å². The molecule has 0 fully saturated rings. The molecule has 1 amide bonds. The number of carbonyl (C=O) groups is 2. The molecule has 0 aliphatic carbocycles. The third kappa shape index (κ3) is 3.18. The number of nitrogens with two attached hydrogens (primary N) is 1. The van der Waals surface area contributed by atoms with E-state index in [4.69, 9.17) is 22.1 Å². The van der Waals surface area contributed by atoms with Crippen LogP contribution in [0.15, 0.2) is 18.2 Å². The largest absolute Gasteiger partial charge is 0.504 e. The summed E-state index contributed by atoms with van der Waals surface area (Å²) < 4.78 is 6.02. The van der Waals surface area contributed by atoms with Crippen molar-refractivity contribution in [3.63, 3.8) is 0 Å². The number of nitrogen functional groups attached to an aromatic ring is 1. The SMILES string of the molecule is CCOC(=O)CNC(=O)c1nc(Cl)c2c(sc3ccc(N)cc32)c1O.